The number of aryl methyl sites for hydroxylation is 1. The minimum Gasteiger partial charge on any atom is -0.397 e. The van der Waals surface area contributed by atoms with Gasteiger partial charge in [0.1, 0.15) is 12.1 Å². The lowest BCUT2D eigenvalue weighted by Gasteiger charge is -2.32. The Morgan fingerprint density at radius 1 is 1.14 bits per heavy atom. The molecule has 0 atom stereocenters. The number of fused-ring (bicyclic) bond motifs is 2. The Balaban J connectivity index is 1.38. The molecule has 2 aromatic carbocycles. The number of H-pyrrole nitrogens is 1. The van der Waals surface area contributed by atoms with Gasteiger partial charge in [-0.25, -0.2) is 9.97 Å². The summed E-state index contributed by atoms with van der Waals surface area (Å²) in [5.41, 5.74) is 14.0. The van der Waals surface area contributed by atoms with Crippen molar-refractivity contribution in [3.8, 4) is 0 Å². The molecule has 3 heterocycles. The average Bonchev–Trinajstić information content (AvgIpc) is 3.20. The van der Waals surface area contributed by atoms with Crippen molar-refractivity contribution in [3.05, 3.63) is 77.4 Å². The minimum atomic E-state index is 0.713. The molecule has 4 aromatic rings. The molecule has 0 amide bonds. The molecule has 0 bridgehead atoms. The normalized spacial score (nSPS) is 13.5. The largest absolute Gasteiger partial charge is 0.397 e. The summed E-state index contributed by atoms with van der Waals surface area (Å²) in [6.07, 6.45) is 4.51. The van der Waals surface area contributed by atoms with Gasteiger partial charge in [-0.05, 0) is 47.7 Å². The lowest BCUT2D eigenvalue weighted by atomic mass is 10.0. The third-order valence-corrected chi connectivity index (χ3v) is 5.61. The maximum absolute atomic E-state index is 6.29. The average molecular weight is 384 g/mol. The minimum absolute atomic E-state index is 0.713. The molecule has 0 spiro atoms. The molecule has 0 fully saturated rings. The number of benzene rings is 2. The van der Waals surface area contributed by atoms with E-state index in [2.05, 4.69) is 68.5 Å². The standard InChI is InChI=1S/C23H24N6/c1-15-2-5-22(19(24)10-15)29-9-7-20-18(13-29)23(28-14-27-20)26-12-16-3-4-17-6-8-25-21(17)11-16/h2-6,8,10-11,14,25H,7,9,12-13,24H2,1H3,(H,26,27,28). The predicted octanol–water partition coefficient (Wildman–Crippen LogP) is 4.02. The van der Waals surface area contributed by atoms with Gasteiger partial charge >= 0.3 is 0 Å². The second-order valence-corrected chi connectivity index (χ2v) is 7.63. The van der Waals surface area contributed by atoms with Crippen LogP contribution in [0.4, 0.5) is 17.2 Å². The van der Waals surface area contributed by atoms with Crippen molar-refractivity contribution in [2.45, 2.75) is 26.4 Å². The van der Waals surface area contributed by atoms with E-state index in [0.29, 0.717) is 6.54 Å². The Hall–Kier alpha value is -3.54. The molecule has 0 aliphatic carbocycles. The van der Waals surface area contributed by atoms with Crippen molar-refractivity contribution in [1.29, 1.82) is 0 Å². The number of aromatic nitrogens is 3. The van der Waals surface area contributed by atoms with E-state index in [1.54, 1.807) is 6.33 Å². The van der Waals surface area contributed by atoms with E-state index in [1.807, 2.05) is 12.3 Å². The third kappa shape index (κ3) is 3.38. The molecule has 5 rings (SSSR count). The van der Waals surface area contributed by atoms with E-state index in [1.165, 1.54) is 16.5 Å². The Morgan fingerprint density at radius 3 is 2.97 bits per heavy atom. The third-order valence-electron chi connectivity index (χ3n) is 5.61. The molecule has 1 aliphatic rings. The Labute approximate surface area is 169 Å². The fourth-order valence-corrected chi connectivity index (χ4v) is 4.05. The quantitative estimate of drug-likeness (QED) is 0.463. The van der Waals surface area contributed by atoms with Gasteiger partial charge in [-0.15, -0.1) is 0 Å². The number of nitrogen functional groups attached to an aromatic ring is 1. The van der Waals surface area contributed by atoms with Crippen LogP contribution in [-0.2, 0) is 19.5 Å². The van der Waals surface area contributed by atoms with Crippen molar-refractivity contribution in [2.75, 3.05) is 22.5 Å². The molecule has 0 radical (unpaired) electrons. The highest BCUT2D eigenvalue weighted by Crippen LogP contribution is 2.31. The molecule has 146 valence electrons. The second kappa shape index (κ2) is 7.13. The molecule has 6 nitrogen and oxygen atoms in total. The molecule has 2 aromatic heterocycles. The van der Waals surface area contributed by atoms with Gasteiger partial charge in [0.2, 0.25) is 0 Å². The van der Waals surface area contributed by atoms with Gasteiger partial charge in [0.05, 0.1) is 17.1 Å². The zero-order chi connectivity index (χ0) is 19.8. The first-order chi connectivity index (χ1) is 14.2. The number of hydrogen-bond donors (Lipinski definition) is 3. The zero-order valence-electron chi connectivity index (χ0n) is 16.4. The fraction of sp³-hybridized carbons (Fsp3) is 0.217. The number of aromatic amines is 1. The number of rotatable bonds is 4. The molecule has 0 saturated heterocycles. The smallest absolute Gasteiger partial charge is 0.134 e. The Bertz CT molecular complexity index is 1180. The summed E-state index contributed by atoms with van der Waals surface area (Å²) in [7, 11) is 0. The van der Waals surface area contributed by atoms with Crippen LogP contribution in [0.1, 0.15) is 22.4 Å². The Kier molecular flexibility index (Phi) is 4.31. The van der Waals surface area contributed by atoms with E-state index in [0.717, 1.165) is 53.5 Å². The predicted molar refractivity (Wildman–Crippen MR) is 118 cm³/mol. The summed E-state index contributed by atoms with van der Waals surface area (Å²) >= 11 is 0. The van der Waals surface area contributed by atoms with Crippen molar-refractivity contribution >= 4 is 28.1 Å². The first kappa shape index (κ1) is 17.6. The molecule has 1 aliphatic heterocycles. The van der Waals surface area contributed by atoms with E-state index < -0.39 is 0 Å². The van der Waals surface area contributed by atoms with E-state index in [4.69, 9.17) is 5.73 Å². The van der Waals surface area contributed by atoms with Crippen LogP contribution in [0.25, 0.3) is 10.9 Å². The van der Waals surface area contributed by atoms with Crippen LogP contribution in [0.2, 0.25) is 0 Å². The summed E-state index contributed by atoms with van der Waals surface area (Å²) in [6.45, 7) is 4.43. The van der Waals surface area contributed by atoms with Crippen molar-refractivity contribution in [1.82, 2.24) is 15.0 Å². The van der Waals surface area contributed by atoms with Gasteiger partial charge < -0.3 is 20.9 Å². The van der Waals surface area contributed by atoms with Gasteiger partial charge in [-0.2, -0.15) is 0 Å². The number of hydrogen-bond acceptors (Lipinski definition) is 5. The van der Waals surface area contributed by atoms with Crippen molar-refractivity contribution in [3.63, 3.8) is 0 Å². The molecule has 0 saturated carbocycles. The highest BCUT2D eigenvalue weighted by Gasteiger charge is 2.22. The summed E-state index contributed by atoms with van der Waals surface area (Å²) in [6, 6.07) is 14.8. The highest BCUT2D eigenvalue weighted by molar-refractivity contribution is 5.80. The molecule has 6 heteroatoms. The first-order valence-electron chi connectivity index (χ1n) is 9.91. The molecule has 4 N–H and O–H groups in total. The Morgan fingerprint density at radius 2 is 2.07 bits per heavy atom. The summed E-state index contributed by atoms with van der Waals surface area (Å²) in [5, 5.41) is 4.74. The monoisotopic (exact) mass is 384 g/mol. The number of nitrogens with zero attached hydrogens (tertiary/aromatic N) is 3. The van der Waals surface area contributed by atoms with Gasteiger partial charge in [-0.1, -0.05) is 18.2 Å². The second-order valence-electron chi connectivity index (χ2n) is 7.63. The van der Waals surface area contributed by atoms with Gasteiger partial charge in [0.25, 0.3) is 0 Å². The summed E-state index contributed by atoms with van der Waals surface area (Å²) in [4.78, 5) is 14.6. The van der Waals surface area contributed by atoms with Crippen LogP contribution in [0.15, 0.2) is 55.0 Å². The van der Waals surface area contributed by atoms with Crippen LogP contribution < -0.4 is 16.0 Å². The van der Waals surface area contributed by atoms with Crippen LogP contribution in [0.3, 0.4) is 0 Å². The first-order valence-corrected chi connectivity index (χ1v) is 9.91. The summed E-state index contributed by atoms with van der Waals surface area (Å²) < 4.78 is 0. The molecule has 29 heavy (non-hydrogen) atoms. The maximum Gasteiger partial charge on any atom is 0.134 e. The van der Waals surface area contributed by atoms with Crippen LogP contribution in [0, 0.1) is 6.92 Å². The van der Waals surface area contributed by atoms with Crippen molar-refractivity contribution < 1.29 is 0 Å². The number of nitrogens with two attached hydrogens (primary N) is 1. The zero-order valence-corrected chi connectivity index (χ0v) is 16.4. The summed E-state index contributed by atoms with van der Waals surface area (Å²) in [5.74, 6) is 0.900. The van der Waals surface area contributed by atoms with E-state index in [9.17, 15) is 0 Å². The SMILES string of the molecule is Cc1ccc(N2CCc3ncnc(NCc4ccc5cc[nH]c5c4)c3C2)c(N)c1. The van der Waals surface area contributed by atoms with Crippen LogP contribution in [0.5, 0.6) is 0 Å². The molecular formula is C23H24N6. The van der Waals surface area contributed by atoms with Crippen LogP contribution >= 0.6 is 0 Å². The van der Waals surface area contributed by atoms with E-state index in [-0.39, 0.29) is 0 Å². The topological polar surface area (TPSA) is 82.9 Å². The molecule has 0 unspecified atom stereocenters. The lowest BCUT2D eigenvalue weighted by Crippen LogP contribution is -2.32. The van der Waals surface area contributed by atoms with E-state index >= 15 is 0 Å². The number of anilines is 3. The fourth-order valence-electron chi connectivity index (χ4n) is 4.05. The maximum atomic E-state index is 6.29. The highest BCUT2D eigenvalue weighted by atomic mass is 15.2. The van der Waals surface area contributed by atoms with Crippen molar-refractivity contribution in [2.24, 2.45) is 0 Å². The van der Waals surface area contributed by atoms with Crippen LogP contribution in [-0.4, -0.2) is 21.5 Å². The van der Waals surface area contributed by atoms with Gasteiger partial charge in [0.15, 0.2) is 0 Å². The van der Waals surface area contributed by atoms with Gasteiger partial charge in [-0.3, -0.25) is 0 Å². The lowest BCUT2D eigenvalue weighted by molar-refractivity contribution is 0.707. The number of nitrogens with one attached hydrogen (secondary N) is 2. The molecular weight excluding hydrogens is 360 g/mol. The van der Waals surface area contributed by atoms with Gasteiger partial charge in [0, 0.05) is 43.3 Å².